The van der Waals surface area contributed by atoms with Crippen molar-refractivity contribution >= 4 is 0 Å². The molecule has 0 spiro atoms. The average Bonchev–Trinajstić information content (AvgIpc) is 2.19. The Hall–Kier alpha value is -0.340. The van der Waals surface area contributed by atoms with Gasteiger partial charge in [-0.2, -0.15) is 0 Å². The van der Waals surface area contributed by atoms with Crippen LogP contribution in [0.25, 0.3) is 0 Å². The molecular weight excluding hydrogens is 184 g/mol. The van der Waals surface area contributed by atoms with Crippen LogP contribution in [0, 0.1) is 0 Å². The maximum atomic E-state index is 3.83. The summed E-state index contributed by atoms with van der Waals surface area (Å²) in [6.07, 6.45) is 4.42. The van der Waals surface area contributed by atoms with Crippen molar-refractivity contribution in [2.75, 3.05) is 19.6 Å². The molecule has 0 fully saturated rings. The first kappa shape index (κ1) is 14.7. The van der Waals surface area contributed by atoms with Crippen molar-refractivity contribution in [1.29, 1.82) is 0 Å². The average molecular weight is 212 g/mol. The smallest absolute Gasteiger partial charge is 0.0221 e. The van der Waals surface area contributed by atoms with E-state index in [1.54, 1.807) is 0 Å². The summed E-state index contributed by atoms with van der Waals surface area (Å²) in [5.41, 5.74) is 0. The van der Waals surface area contributed by atoms with Crippen molar-refractivity contribution in [2.45, 2.75) is 52.6 Å². The first-order chi connectivity index (χ1) is 7.15. The van der Waals surface area contributed by atoms with Crippen molar-refractivity contribution in [2.24, 2.45) is 0 Å². The van der Waals surface area contributed by atoms with Gasteiger partial charge in [0.2, 0.25) is 0 Å². The SMILES string of the molecule is C=CCN(CCC)C(CC)CNC(C)C. The molecule has 0 amide bonds. The highest BCUT2D eigenvalue weighted by atomic mass is 15.2. The highest BCUT2D eigenvalue weighted by molar-refractivity contribution is 4.80. The minimum atomic E-state index is 0.575. The van der Waals surface area contributed by atoms with E-state index in [1.807, 2.05) is 6.08 Å². The molecule has 0 bridgehead atoms. The van der Waals surface area contributed by atoms with Gasteiger partial charge in [0.05, 0.1) is 0 Å². The lowest BCUT2D eigenvalue weighted by molar-refractivity contribution is 0.203. The van der Waals surface area contributed by atoms with Gasteiger partial charge in [-0.15, -0.1) is 6.58 Å². The topological polar surface area (TPSA) is 15.3 Å². The van der Waals surface area contributed by atoms with E-state index < -0.39 is 0 Å². The standard InChI is InChI=1S/C13H28N2/c1-6-9-15(10-7-2)13(8-3)11-14-12(4)5/h6,12-14H,1,7-11H2,2-5H3. The fourth-order valence-electron chi connectivity index (χ4n) is 1.78. The van der Waals surface area contributed by atoms with Gasteiger partial charge in [0.25, 0.3) is 0 Å². The molecule has 0 aromatic carbocycles. The van der Waals surface area contributed by atoms with Crippen LogP contribution in [0.4, 0.5) is 0 Å². The lowest BCUT2D eigenvalue weighted by Gasteiger charge is -2.30. The van der Waals surface area contributed by atoms with E-state index in [-0.39, 0.29) is 0 Å². The Morgan fingerprint density at radius 1 is 1.33 bits per heavy atom. The van der Waals surface area contributed by atoms with Gasteiger partial charge in [-0.25, -0.2) is 0 Å². The predicted molar refractivity (Wildman–Crippen MR) is 69.3 cm³/mol. The van der Waals surface area contributed by atoms with Crippen LogP contribution in [0.3, 0.4) is 0 Å². The Kier molecular flexibility index (Phi) is 8.73. The molecule has 0 aliphatic carbocycles. The maximum absolute atomic E-state index is 3.83. The third-order valence-corrected chi connectivity index (χ3v) is 2.62. The molecule has 90 valence electrons. The highest BCUT2D eigenvalue weighted by Crippen LogP contribution is 2.05. The van der Waals surface area contributed by atoms with Gasteiger partial charge in [-0.1, -0.05) is 33.8 Å². The molecule has 15 heavy (non-hydrogen) atoms. The van der Waals surface area contributed by atoms with Gasteiger partial charge in [-0.05, 0) is 19.4 Å². The number of rotatable bonds is 9. The van der Waals surface area contributed by atoms with Crippen molar-refractivity contribution < 1.29 is 0 Å². The molecule has 0 rings (SSSR count). The molecule has 0 saturated heterocycles. The Morgan fingerprint density at radius 3 is 2.40 bits per heavy atom. The lowest BCUT2D eigenvalue weighted by atomic mass is 10.1. The molecule has 0 radical (unpaired) electrons. The monoisotopic (exact) mass is 212 g/mol. The van der Waals surface area contributed by atoms with Crippen molar-refractivity contribution in [1.82, 2.24) is 10.2 Å². The predicted octanol–water partition coefficient (Wildman–Crippen LogP) is 2.66. The first-order valence-electron chi connectivity index (χ1n) is 6.23. The van der Waals surface area contributed by atoms with Crippen molar-refractivity contribution in [3.8, 4) is 0 Å². The van der Waals surface area contributed by atoms with Gasteiger partial charge in [0.1, 0.15) is 0 Å². The summed E-state index contributed by atoms with van der Waals surface area (Å²) < 4.78 is 0. The van der Waals surface area contributed by atoms with E-state index in [4.69, 9.17) is 0 Å². The van der Waals surface area contributed by atoms with Gasteiger partial charge >= 0.3 is 0 Å². The summed E-state index contributed by atoms with van der Waals surface area (Å²) in [7, 11) is 0. The fraction of sp³-hybridized carbons (Fsp3) is 0.846. The number of nitrogens with zero attached hydrogens (tertiary/aromatic N) is 1. The second-order valence-electron chi connectivity index (χ2n) is 4.41. The second kappa shape index (κ2) is 8.93. The Morgan fingerprint density at radius 2 is 2.00 bits per heavy atom. The lowest BCUT2D eigenvalue weighted by Crippen LogP contribution is -2.44. The normalized spacial score (nSPS) is 13.5. The van der Waals surface area contributed by atoms with Crippen LogP contribution < -0.4 is 5.32 Å². The Bertz CT molecular complexity index is 155. The summed E-state index contributed by atoms with van der Waals surface area (Å²) in [5.74, 6) is 0. The van der Waals surface area contributed by atoms with E-state index >= 15 is 0 Å². The highest BCUT2D eigenvalue weighted by Gasteiger charge is 2.14. The van der Waals surface area contributed by atoms with E-state index in [0.717, 1.165) is 13.1 Å². The third kappa shape index (κ3) is 6.69. The van der Waals surface area contributed by atoms with Crippen LogP contribution in [0.1, 0.15) is 40.5 Å². The molecule has 2 nitrogen and oxygen atoms in total. The largest absolute Gasteiger partial charge is 0.313 e. The van der Waals surface area contributed by atoms with Crippen LogP contribution in [0.15, 0.2) is 12.7 Å². The zero-order valence-electron chi connectivity index (χ0n) is 10.9. The molecule has 0 saturated carbocycles. The summed E-state index contributed by atoms with van der Waals surface area (Å²) >= 11 is 0. The van der Waals surface area contributed by atoms with Gasteiger partial charge < -0.3 is 5.32 Å². The summed E-state index contributed by atoms with van der Waals surface area (Å²) in [4.78, 5) is 2.52. The third-order valence-electron chi connectivity index (χ3n) is 2.62. The van der Waals surface area contributed by atoms with Crippen LogP contribution in [-0.4, -0.2) is 36.6 Å². The van der Waals surface area contributed by atoms with Crippen molar-refractivity contribution in [3.05, 3.63) is 12.7 Å². The molecule has 0 aliphatic heterocycles. The molecule has 2 heteroatoms. The maximum Gasteiger partial charge on any atom is 0.0221 e. The van der Waals surface area contributed by atoms with Crippen LogP contribution in [0.5, 0.6) is 0 Å². The zero-order chi connectivity index (χ0) is 11.7. The van der Waals surface area contributed by atoms with E-state index in [9.17, 15) is 0 Å². The van der Waals surface area contributed by atoms with Gasteiger partial charge in [0, 0.05) is 25.2 Å². The van der Waals surface area contributed by atoms with E-state index in [2.05, 4.69) is 44.5 Å². The fourth-order valence-corrected chi connectivity index (χ4v) is 1.78. The van der Waals surface area contributed by atoms with Gasteiger partial charge in [0.15, 0.2) is 0 Å². The summed E-state index contributed by atoms with van der Waals surface area (Å²) in [5, 5.41) is 3.52. The minimum Gasteiger partial charge on any atom is -0.313 e. The molecule has 0 heterocycles. The van der Waals surface area contributed by atoms with Crippen LogP contribution >= 0.6 is 0 Å². The summed E-state index contributed by atoms with van der Waals surface area (Å²) in [6, 6.07) is 1.22. The number of hydrogen-bond acceptors (Lipinski definition) is 2. The minimum absolute atomic E-state index is 0.575. The van der Waals surface area contributed by atoms with E-state index in [1.165, 1.54) is 19.4 Å². The second-order valence-corrected chi connectivity index (χ2v) is 4.41. The number of nitrogens with one attached hydrogen (secondary N) is 1. The Labute approximate surface area is 95.7 Å². The Balaban J connectivity index is 4.10. The van der Waals surface area contributed by atoms with Crippen molar-refractivity contribution in [3.63, 3.8) is 0 Å². The van der Waals surface area contributed by atoms with Crippen LogP contribution in [0.2, 0.25) is 0 Å². The van der Waals surface area contributed by atoms with E-state index in [0.29, 0.717) is 12.1 Å². The quantitative estimate of drug-likeness (QED) is 0.591. The number of hydrogen-bond donors (Lipinski definition) is 1. The molecule has 0 aliphatic rings. The molecule has 1 N–H and O–H groups in total. The molecular formula is C13H28N2. The summed E-state index contributed by atoms with van der Waals surface area (Å²) in [6.45, 7) is 16.0. The first-order valence-corrected chi connectivity index (χ1v) is 6.23. The van der Waals surface area contributed by atoms with Crippen LogP contribution in [-0.2, 0) is 0 Å². The molecule has 1 atom stereocenters. The molecule has 1 unspecified atom stereocenters. The molecule has 0 aromatic heterocycles. The molecule has 0 aromatic rings. The zero-order valence-corrected chi connectivity index (χ0v) is 10.9. The van der Waals surface area contributed by atoms with Gasteiger partial charge in [-0.3, -0.25) is 4.90 Å².